The molecule has 0 bridgehead atoms. The lowest BCUT2D eigenvalue weighted by atomic mass is 10.2. The highest BCUT2D eigenvalue weighted by atomic mass is 35.5. The molecule has 0 unspecified atom stereocenters. The first kappa shape index (κ1) is 18.9. The van der Waals surface area contributed by atoms with Crippen LogP contribution in [-0.4, -0.2) is 28.4 Å². The Balaban J connectivity index is 1.81. The van der Waals surface area contributed by atoms with Gasteiger partial charge in [0, 0.05) is 22.3 Å². The normalized spacial score (nSPS) is 10.7. The van der Waals surface area contributed by atoms with E-state index < -0.39 is 0 Å². The van der Waals surface area contributed by atoms with Gasteiger partial charge in [-0.1, -0.05) is 71.1 Å². The maximum Gasteiger partial charge on any atom is 0.230 e. The summed E-state index contributed by atoms with van der Waals surface area (Å²) in [6, 6.07) is 5.46. The second-order valence-electron chi connectivity index (χ2n) is 4.50. The van der Waals surface area contributed by atoms with Gasteiger partial charge in [0.05, 0.1) is 5.75 Å². The minimum Gasteiger partial charge on any atom is -0.355 e. The molecular formula is C14H15Cl2N3OS3. The average molecular weight is 408 g/mol. The first-order valence-electron chi connectivity index (χ1n) is 6.88. The Labute approximate surface area is 157 Å². The maximum absolute atomic E-state index is 11.6. The van der Waals surface area contributed by atoms with Crippen molar-refractivity contribution >= 4 is 64.0 Å². The van der Waals surface area contributed by atoms with Gasteiger partial charge < -0.3 is 5.32 Å². The third-order valence-electron chi connectivity index (χ3n) is 2.65. The van der Waals surface area contributed by atoms with Crippen LogP contribution in [0.15, 0.2) is 26.9 Å². The molecule has 0 aliphatic carbocycles. The van der Waals surface area contributed by atoms with E-state index in [-0.39, 0.29) is 5.91 Å². The van der Waals surface area contributed by atoms with Crippen LogP contribution in [0.2, 0.25) is 10.0 Å². The predicted molar refractivity (Wildman–Crippen MR) is 100.0 cm³/mol. The molecule has 1 aromatic heterocycles. The molecule has 0 saturated carbocycles. The van der Waals surface area contributed by atoms with Crippen molar-refractivity contribution in [3.8, 4) is 0 Å². The molecule has 0 saturated heterocycles. The largest absolute Gasteiger partial charge is 0.355 e. The fourth-order valence-electron chi connectivity index (χ4n) is 1.53. The number of hydrogen-bond donors (Lipinski definition) is 1. The Bertz CT molecular complexity index is 666. The number of thioether (sulfide) groups is 2. The summed E-state index contributed by atoms with van der Waals surface area (Å²) in [5.74, 6) is 1.09. The Kier molecular flexibility index (Phi) is 7.98. The van der Waals surface area contributed by atoms with Crippen molar-refractivity contribution < 1.29 is 4.79 Å². The summed E-state index contributed by atoms with van der Waals surface area (Å²) in [5.41, 5.74) is 1.00. The fraction of sp³-hybridized carbons (Fsp3) is 0.357. The summed E-state index contributed by atoms with van der Waals surface area (Å²) in [5, 5.41) is 12.3. The van der Waals surface area contributed by atoms with Crippen molar-refractivity contribution in [2.75, 3.05) is 12.3 Å². The summed E-state index contributed by atoms with van der Waals surface area (Å²) in [7, 11) is 0. The van der Waals surface area contributed by atoms with Crippen molar-refractivity contribution in [3.05, 3.63) is 33.8 Å². The number of hydrogen-bond acceptors (Lipinski definition) is 6. The van der Waals surface area contributed by atoms with E-state index in [1.165, 1.54) is 23.1 Å². The number of benzene rings is 1. The molecular weight excluding hydrogens is 393 g/mol. The zero-order valence-electron chi connectivity index (χ0n) is 12.3. The van der Waals surface area contributed by atoms with Crippen LogP contribution in [0.3, 0.4) is 0 Å². The smallest absolute Gasteiger partial charge is 0.230 e. The van der Waals surface area contributed by atoms with E-state index in [2.05, 4.69) is 15.5 Å². The standard InChI is InChI=1S/C14H15Cl2N3OS3/c1-2-5-17-12(20)8-22-14-19-18-13(23-14)21-7-9-3-4-10(15)6-11(9)16/h3-4,6H,2,5,7-8H2,1H3,(H,17,20). The molecule has 0 atom stereocenters. The molecule has 9 heteroatoms. The van der Waals surface area contributed by atoms with Crippen LogP contribution in [0, 0.1) is 0 Å². The van der Waals surface area contributed by atoms with E-state index in [0.29, 0.717) is 28.1 Å². The monoisotopic (exact) mass is 407 g/mol. The van der Waals surface area contributed by atoms with Crippen LogP contribution in [0.4, 0.5) is 0 Å². The number of carbonyl (C=O) groups is 1. The second kappa shape index (κ2) is 9.74. The summed E-state index contributed by atoms with van der Waals surface area (Å²) >= 11 is 16.5. The molecule has 1 N–H and O–H groups in total. The number of carbonyl (C=O) groups excluding carboxylic acids is 1. The van der Waals surface area contributed by atoms with E-state index >= 15 is 0 Å². The first-order chi connectivity index (χ1) is 11.1. The first-order valence-corrected chi connectivity index (χ1v) is 10.4. The van der Waals surface area contributed by atoms with E-state index in [1.54, 1.807) is 17.8 Å². The summed E-state index contributed by atoms with van der Waals surface area (Å²) in [6.07, 6.45) is 0.934. The highest BCUT2D eigenvalue weighted by molar-refractivity contribution is 8.03. The van der Waals surface area contributed by atoms with Crippen molar-refractivity contribution in [2.24, 2.45) is 0 Å². The third kappa shape index (κ3) is 6.51. The molecule has 124 valence electrons. The molecule has 2 aromatic rings. The lowest BCUT2D eigenvalue weighted by molar-refractivity contribution is -0.118. The maximum atomic E-state index is 11.6. The molecule has 1 aromatic carbocycles. The Morgan fingerprint density at radius 2 is 2.00 bits per heavy atom. The highest BCUT2D eigenvalue weighted by Gasteiger charge is 2.09. The van der Waals surface area contributed by atoms with Gasteiger partial charge >= 0.3 is 0 Å². The van der Waals surface area contributed by atoms with E-state index in [0.717, 1.165) is 20.7 Å². The summed E-state index contributed by atoms with van der Waals surface area (Å²) in [6.45, 7) is 2.73. The molecule has 0 aliphatic heterocycles. The van der Waals surface area contributed by atoms with E-state index in [1.807, 2.05) is 19.1 Å². The predicted octanol–water partition coefficient (Wildman–Crippen LogP) is 4.76. The Morgan fingerprint density at radius 1 is 1.26 bits per heavy atom. The van der Waals surface area contributed by atoms with Crippen molar-refractivity contribution in [2.45, 2.75) is 27.8 Å². The summed E-state index contributed by atoms with van der Waals surface area (Å²) < 4.78 is 1.65. The van der Waals surface area contributed by atoms with Gasteiger partial charge in [-0.2, -0.15) is 0 Å². The Morgan fingerprint density at radius 3 is 2.70 bits per heavy atom. The highest BCUT2D eigenvalue weighted by Crippen LogP contribution is 2.32. The van der Waals surface area contributed by atoms with Crippen molar-refractivity contribution in [3.63, 3.8) is 0 Å². The fourth-order valence-corrected chi connectivity index (χ4v) is 4.94. The van der Waals surface area contributed by atoms with Crippen LogP contribution in [0.25, 0.3) is 0 Å². The minimum atomic E-state index is 0.0224. The molecule has 4 nitrogen and oxygen atoms in total. The second-order valence-corrected chi connectivity index (χ2v) is 8.76. The molecule has 0 radical (unpaired) electrons. The van der Waals surface area contributed by atoms with Gasteiger partial charge in [-0.15, -0.1) is 10.2 Å². The van der Waals surface area contributed by atoms with Gasteiger partial charge in [-0.25, -0.2) is 0 Å². The molecule has 0 fully saturated rings. The quantitative estimate of drug-likeness (QED) is 0.639. The average Bonchev–Trinajstić information content (AvgIpc) is 2.98. The Hall–Kier alpha value is -0.470. The molecule has 1 heterocycles. The zero-order valence-corrected chi connectivity index (χ0v) is 16.3. The van der Waals surface area contributed by atoms with E-state index in [4.69, 9.17) is 23.2 Å². The van der Waals surface area contributed by atoms with Crippen LogP contribution in [-0.2, 0) is 10.5 Å². The van der Waals surface area contributed by atoms with Gasteiger partial charge in [0.15, 0.2) is 8.68 Å². The zero-order chi connectivity index (χ0) is 16.7. The number of halogens is 2. The van der Waals surface area contributed by atoms with Crippen LogP contribution in [0.1, 0.15) is 18.9 Å². The van der Waals surface area contributed by atoms with E-state index in [9.17, 15) is 4.79 Å². The SMILES string of the molecule is CCCNC(=O)CSc1nnc(SCc2ccc(Cl)cc2Cl)s1. The summed E-state index contributed by atoms with van der Waals surface area (Å²) in [4.78, 5) is 11.6. The van der Waals surface area contributed by atoms with Gasteiger partial charge in [0.2, 0.25) is 5.91 Å². The van der Waals surface area contributed by atoms with Crippen LogP contribution in [0.5, 0.6) is 0 Å². The molecule has 23 heavy (non-hydrogen) atoms. The van der Waals surface area contributed by atoms with Crippen molar-refractivity contribution in [1.82, 2.24) is 15.5 Å². The van der Waals surface area contributed by atoms with Gasteiger partial charge in [0.25, 0.3) is 0 Å². The molecule has 0 aliphatic rings. The molecule has 2 rings (SSSR count). The van der Waals surface area contributed by atoms with Crippen molar-refractivity contribution in [1.29, 1.82) is 0 Å². The molecule has 1 amide bonds. The number of amides is 1. The topological polar surface area (TPSA) is 54.9 Å². The lowest BCUT2D eigenvalue weighted by Gasteiger charge is -2.02. The molecule has 0 spiro atoms. The van der Waals surface area contributed by atoms with Crippen LogP contribution >= 0.6 is 58.1 Å². The van der Waals surface area contributed by atoms with Crippen LogP contribution < -0.4 is 5.32 Å². The number of nitrogens with zero attached hydrogens (tertiary/aromatic N) is 2. The minimum absolute atomic E-state index is 0.0224. The van der Waals surface area contributed by atoms with Gasteiger partial charge in [0.1, 0.15) is 0 Å². The third-order valence-corrected chi connectivity index (χ3v) is 6.48. The van der Waals surface area contributed by atoms with Gasteiger partial charge in [-0.3, -0.25) is 4.79 Å². The number of aromatic nitrogens is 2. The van der Waals surface area contributed by atoms with Gasteiger partial charge in [-0.05, 0) is 24.1 Å². The lowest BCUT2D eigenvalue weighted by Crippen LogP contribution is -2.25. The number of rotatable bonds is 8. The number of nitrogens with one attached hydrogen (secondary N) is 1.